The molecule has 0 spiro atoms. The highest BCUT2D eigenvalue weighted by atomic mass is 32.2. The number of thioether (sulfide) groups is 1. The number of carbonyl (C=O) groups excluding carboxylic acids is 1. The van der Waals surface area contributed by atoms with Gasteiger partial charge in [0.2, 0.25) is 11.1 Å². The van der Waals surface area contributed by atoms with Crippen molar-refractivity contribution in [1.29, 1.82) is 0 Å². The molecule has 0 aliphatic carbocycles. The molecule has 0 saturated heterocycles. The highest BCUT2D eigenvalue weighted by Gasteiger charge is 2.34. The van der Waals surface area contributed by atoms with Gasteiger partial charge in [0.05, 0.1) is 5.57 Å². The van der Waals surface area contributed by atoms with Crippen molar-refractivity contribution < 1.29 is 4.79 Å². The summed E-state index contributed by atoms with van der Waals surface area (Å²) in [5.41, 5.74) is 6.77. The summed E-state index contributed by atoms with van der Waals surface area (Å²) in [5.74, 6) is 1.25. The Kier molecular flexibility index (Phi) is 6.42. The van der Waals surface area contributed by atoms with Crippen molar-refractivity contribution in [3.8, 4) is 0 Å². The van der Waals surface area contributed by atoms with Crippen LogP contribution in [0.5, 0.6) is 0 Å². The summed E-state index contributed by atoms with van der Waals surface area (Å²) in [4.78, 5) is 18.3. The minimum absolute atomic E-state index is 0.165. The lowest BCUT2D eigenvalue weighted by molar-refractivity contribution is -0.113. The first kappa shape index (κ1) is 22.9. The van der Waals surface area contributed by atoms with E-state index in [9.17, 15) is 4.79 Å². The number of nitrogens with one attached hydrogen (secondary N) is 2. The molecular weight excluding hydrogens is 454 g/mol. The molecule has 1 aliphatic rings. The molecule has 3 aromatic carbocycles. The van der Waals surface area contributed by atoms with Gasteiger partial charge >= 0.3 is 0 Å². The van der Waals surface area contributed by atoms with Gasteiger partial charge in [0.15, 0.2) is 0 Å². The van der Waals surface area contributed by atoms with Gasteiger partial charge in [-0.3, -0.25) is 4.79 Å². The fourth-order valence-electron chi connectivity index (χ4n) is 4.18. The Bertz CT molecular complexity index is 1390. The molecule has 2 N–H and O–H groups in total. The summed E-state index contributed by atoms with van der Waals surface area (Å²) in [7, 11) is 0. The van der Waals surface area contributed by atoms with E-state index in [0.29, 0.717) is 16.7 Å². The maximum atomic E-state index is 13.5. The second kappa shape index (κ2) is 9.80. The van der Waals surface area contributed by atoms with Crippen molar-refractivity contribution in [1.82, 2.24) is 14.8 Å². The van der Waals surface area contributed by atoms with E-state index in [1.54, 1.807) is 11.8 Å². The summed E-state index contributed by atoms with van der Waals surface area (Å²) >= 11 is 1.59. The van der Waals surface area contributed by atoms with Crippen molar-refractivity contribution in [2.24, 2.45) is 0 Å². The number of nitrogens with zero attached hydrogens (tertiary/aromatic N) is 3. The van der Waals surface area contributed by atoms with Gasteiger partial charge in [-0.2, -0.15) is 4.98 Å². The van der Waals surface area contributed by atoms with Gasteiger partial charge < -0.3 is 10.6 Å². The van der Waals surface area contributed by atoms with Gasteiger partial charge in [-0.1, -0.05) is 84.1 Å². The van der Waals surface area contributed by atoms with E-state index in [-0.39, 0.29) is 5.91 Å². The van der Waals surface area contributed by atoms with Crippen LogP contribution in [-0.4, -0.2) is 20.7 Å². The summed E-state index contributed by atoms with van der Waals surface area (Å²) < 4.78 is 1.83. The summed E-state index contributed by atoms with van der Waals surface area (Å²) in [6, 6.07) is 25.7. The number of hydrogen-bond donors (Lipinski definition) is 2. The number of para-hydroxylation sites is 1. The summed E-state index contributed by atoms with van der Waals surface area (Å²) in [6.45, 7) is 6.08. The lowest BCUT2D eigenvalue weighted by Gasteiger charge is -2.28. The predicted octanol–water partition coefficient (Wildman–Crippen LogP) is 6.11. The third-order valence-corrected chi connectivity index (χ3v) is 7.01. The molecule has 176 valence electrons. The standard InChI is InChI=1S/C28H27N5OS/c1-18-13-15-21(16-14-18)25-24(26(34)30-23-11-5-4-6-12-23)20(3)29-27-31-28(32-33(25)27)35-17-22-10-8-7-9-19(22)2/h4-16,25H,17H2,1-3H3,(H,30,34)(H,29,31,32). The van der Waals surface area contributed by atoms with E-state index in [1.165, 1.54) is 11.1 Å². The zero-order chi connectivity index (χ0) is 24.4. The number of rotatable bonds is 6. The SMILES string of the molecule is CC1=C(C(=O)Nc2ccccc2)C(c2ccc(C)cc2)n2nc(SCc3ccccc3C)nc2N1. The molecule has 2 heterocycles. The van der Waals surface area contributed by atoms with Crippen LogP contribution in [0.15, 0.2) is 95.3 Å². The molecule has 35 heavy (non-hydrogen) atoms. The van der Waals surface area contributed by atoms with Gasteiger partial charge in [-0.15, -0.1) is 5.10 Å². The minimum Gasteiger partial charge on any atom is -0.328 e. The highest BCUT2D eigenvalue weighted by Crippen LogP contribution is 2.37. The number of amides is 1. The molecule has 0 saturated carbocycles. The lowest BCUT2D eigenvalue weighted by Crippen LogP contribution is -2.31. The van der Waals surface area contributed by atoms with E-state index >= 15 is 0 Å². The molecule has 1 amide bonds. The number of anilines is 2. The van der Waals surface area contributed by atoms with Gasteiger partial charge in [0.1, 0.15) is 6.04 Å². The van der Waals surface area contributed by atoms with Crippen LogP contribution in [-0.2, 0) is 10.5 Å². The maximum Gasteiger partial charge on any atom is 0.255 e. The molecule has 0 fully saturated rings. The van der Waals surface area contributed by atoms with Crippen LogP contribution in [0.3, 0.4) is 0 Å². The second-order valence-electron chi connectivity index (χ2n) is 8.67. The molecule has 7 heteroatoms. The Morgan fingerprint density at radius 2 is 1.69 bits per heavy atom. The van der Waals surface area contributed by atoms with Crippen molar-refractivity contribution in [3.05, 3.63) is 112 Å². The van der Waals surface area contributed by atoms with E-state index in [2.05, 4.69) is 66.9 Å². The number of aryl methyl sites for hydroxylation is 2. The van der Waals surface area contributed by atoms with Crippen LogP contribution in [0.2, 0.25) is 0 Å². The molecule has 1 unspecified atom stereocenters. The van der Waals surface area contributed by atoms with E-state index < -0.39 is 6.04 Å². The zero-order valence-electron chi connectivity index (χ0n) is 19.9. The lowest BCUT2D eigenvalue weighted by atomic mass is 9.94. The molecule has 1 atom stereocenters. The fourth-order valence-corrected chi connectivity index (χ4v) is 5.08. The van der Waals surface area contributed by atoms with Gasteiger partial charge in [-0.05, 0) is 49.6 Å². The van der Waals surface area contributed by atoms with E-state index in [4.69, 9.17) is 10.1 Å². The third kappa shape index (κ3) is 4.86. The molecule has 1 aromatic heterocycles. The molecule has 5 rings (SSSR count). The molecule has 0 radical (unpaired) electrons. The summed E-state index contributed by atoms with van der Waals surface area (Å²) in [6.07, 6.45) is 0. The average Bonchev–Trinajstić information content (AvgIpc) is 3.26. The number of benzene rings is 3. The first-order chi connectivity index (χ1) is 17.0. The van der Waals surface area contributed by atoms with E-state index in [1.807, 2.05) is 48.0 Å². The number of aromatic nitrogens is 3. The normalized spacial score (nSPS) is 14.9. The van der Waals surface area contributed by atoms with Gasteiger partial charge in [0, 0.05) is 17.1 Å². The molecular formula is C28H27N5OS. The fraction of sp³-hybridized carbons (Fsp3) is 0.179. The first-order valence-corrected chi connectivity index (χ1v) is 12.5. The number of allylic oxidation sites excluding steroid dienone is 1. The second-order valence-corrected chi connectivity index (χ2v) is 9.62. The Hall–Kier alpha value is -3.84. The Morgan fingerprint density at radius 3 is 2.43 bits per heavy atom. The van der Waals surface area contributed by atoms with Crippen LogP contribution in [0, 0.1) is 13.8 Å². The smallest absolute Gasteiger partial charge is 0.255 e. The number of fused-ring (bicyclic) bond motifs is 1. The molecule has 0 bridgehead atoms. The van der Waals surface area contributed by atoms with Crippen LogP contribution < -0.4 is 10.6 Å². The van der Waals surface area contributed by atoms with Crippen molar-refractivity contribution >= 4 is 29.3 Å². The minimum atomic E-state index is -0.393. The van der Waals surface area contributed by atoms with Crippen LogP contribution in [0.4, 0.5) is 11.6 Å². The maximum absolute atomic E-state index is 13.5. The highest BCUT2D eigenvalue weighted by molar-refractivity contribution is 7.98. The van der Waals surface area contributed by atoms with Crippen molar-refractivity contribution in [3.63, 3.8) is 0 Å². The topological polar surface area (TPSA) is 71.8 Å². The molecule has 6 nitrogen and oxygen atoms in total. The predicted molar refractivity (Wildman–Crippen MR) is 141 cm³/mol. The Labute approximate surface area is 209 Å². The van der Waals surface area contributed by atoms with Crippen molar-refractivity contribution in [2.75, 3.05) is 10.6 Å². The monoisotopic (exact) mass is 481 g/mol. The molecule has 1 aliphatic heterocycles. The first-order valence-electron chi connectivity index (χ1n) is 11.5. The van der Waals surface area contributed by atoms with Gasteiger partial charge in [0.25, 0.3) is 5.91 Å². The van der Waals surface area contributed by atoms with Gasteiger partial charge in [-0.25, -0.2) is 4.68 Å². The Balaban J connectivity index is 1.49. The number of carbonyl (C=O) groups is 1. The quantitative estimate of drug-likeness (QED) is 0.325. The van der Waals surface area contributed by atoms with Crippen LogP contribution in [0.1, 0.15) is 35.2 Å². The third-order valence-electron chi connectivity index (χ3n) is 6.12. The number of hydrogen-bond acceptors (Lipinski definition) is 5. The Morgan fingerprint density at radius 1 is 0.971 bits per heavy atom. The van der Waals surface area contributed by atoms with E-state index in [0.717, 1.165) is 28.3 Å². The average molecular weight is 482 g/mol. The van der Waals surface area contributed by atoms with Crippen molar-refractivity contribution in [2.45, 2.75) is 37.7 Å². The summed E-state index contributed by atoms with van der Waals surface area (Å²) in [5, 5.41) is 11.9. The van der Waals surface area contributed by atoms with Crippen LogP contribution in [0.25, 0.3) is 0 Å². The molecule has 4 aromatic rings. The van der Waals surface area contributed by atoms with Crippen LogP contribution >= 0.6 is 11.8 Å². The largest absolute Gasteiger partial charge is 0.328 e. The zero-order valence-corrected chi connectivity index (χ0v) is 20.8.